The van der Waals surface area contributed by atoms with E-state index in [1.54, 1.807) is 0 Å². The molecule has 15 heavy (non-hydrogen) atoms. The quantitative estimate of drug-likeness (QED) is 0.720. The molecule has 2 heterocycles. The van der Waals surface area contributed by atoms with Gasteiger partial charge in [0.25, 0.3) is 0 Å². The molecule has 0 aromatic rings. The molecule has 0 saturated carbocycles. The van der Waals surface area contributed by atoms with Gasteiger partial charge in [-0.3, -0.25) is 0 Å². The zero-order valence-corrected chi connectivity index (χ0v) is 9.93. The second-order valence-corrected chi connectivity index (χ2v) is 6.90. The van der Waals surface area contributed by atoms with Crippen LogP contribution in [0.25, 0.3) is 0 Å². The van der Waals surface area contributed by atoms with Crippen molar-refractivity contribution in [1.29, 1.82) is 0 Å². The summed E-state index contributed by atoms with van der Waals surface area (Å²) in [5.74, 6) is 0.724. The summed E-state index contributed by atoms with van der Waals surface area (Å²) in [6.45, 7) is 3.81. The summed E-state index contributed by atoms with van der Waals surface area (Å²) in [5, 5.41) is 3.45. The van der Waals surface area contributed by atoms with Gasteiger partial charge in [0, 0.05) is 19.1 Å². The Bertz CT molecular complexity index is 297. The first-order valence-electron chi connectivity index (χ1n) is 5.82. The van der Waals surface area contributed by atoms with Gasteiger partial charge < -0.3 is 10.2 Å². The zero-order chi connectivity index (χ0) is 10.7. The summed E-state index contributed by atoms with van der Waals surface area (Å²) in [5.41, 5.74) is 0. The summed E-state index contributed by atoms with van der Waals surface area (Å²) >= 11 is 0. The van der Waals surface area contributed by atoms with Gasteiger partial charge in [0.05, 0.1) is 11.5 Å². The van der Waals surface area contributed by atoms with Crippen LogP contribution in [0.3, 0.4) is 0 Å². The zero-order valence-electron chi connectivity index (χ0n) is 9.11. The Balaban J connectivity index is 1.83. The third-order valence-electron chi connectivity index (χ3n) is 3.29. The lowest BCUT2D eigenvalue weighted by Gasteiger charge is -2.23. The predicted octanol–water partition coefficient (Wildman–Crippen LogP) is -0.141. The van der Waals surface area contributed by atoms with Gasteiger partial charge in [-0.15, -0.1) is 0 Å². The van der Waals surface area contributed by atoms with Crippen LogP contribution < -0.4 is 5.32 Å². The number of sulfone groups is 1. The van der Waals surface area contributed by atoms with Gasteiger partial charge in [0.1, 0.15) is 0 Å². The lowest BCUT2D eigenvalue weighted by molar-refractivity contribution is 0.267. The van der Waals surface area contributed by atoms with E-state index >= 15 is 0 Å². The molecule has 2 fully saturated rings. The van der Waals surface area contributed by atoms with Crippen molar-refractivity contribution in [1.82, 2.24) is 10.2 Å². The number of nitrogens with zero attached hydrogens (tertiary/aromatic N) is 1. The van der Waals surface area contributed by atoms with Crippen LogP contribution >= 0.6 is 0 Å². The molecule has 88 valence electrons. The van der Waals surface area contributed by atoms with Crippen LogP contribution in [0, 0.1) is 0 Å². The summed E-state index contributed by atoms with van der Waals surface area (Å²) in [4.78, 5) is 2.30. The van der Waals surface area contributed by atoms with Gasteiger partial charge >= 0.3 is 0 Å². The SMILES string of the molecule is O=S1(=O)CCCN(C[C@@H]2CCCN2)CC1. The molecule has 0 bridgehead atoms. The van der Waals surface area contributed by atoms with Crippen LogP contribution in [-0.2, 0) is 9.84 Å². The van der Waals surface area contributed by atoms with Crippen LogP contribution in [-0.4, -0.2) is 57.0 Å². The highest BCUT2D eigenvalue weighted by atomic mass is 32.2. The normalized spacial score (nSPS) is 32.7. The van der Waals surface area contributed by atoms with Crippen LogP contribution in [0.5, 0.6) is 0 Å². The van der Waals surface area contributed by atoms with Crippen molar-refractivity contribution < 1.29 is 8.42 Å². The number of nitrogens with one attached hydrogen (secondary N) is 1. The molecule has 2 rings (SSSR count). The topological polar surface area (TPSA) is 49.4 Å². The molecule has 2 aliphatic rings. The van der Waals surface area contributed by atoms with Crippen molar-refractivity contribution >= 4 is 9.84 Å². The standard InChI is InChI=1S/C10H20N2O2S/c13-15(14)7-2-5-12(6-8-15)9-10-3-1-4-11-10/h10-11H,1-9H2/t10-/m0/s1. The molecule has 0 spiro atoms. The molecule has 4 nitrogen and oxygen atoms in total. The molecule has 0 amide bonds. The fourth-order valence-electron chi connectivity index (χ4n) is 2.40. The van der Waals surface area contributed by atoms with Gasteiger partial charge in [0.15, 0.2) is 9.84 Å². The molecule has 0 radical (unpaired) electrons. The largest absolute Gasteiger partial charge is 0.313 e. The highest BCUT2D eigenvalue weighted by Gasteiger charge is 2.22. The smallest absolute Gasteiger partial charge is 0.151 e. The molecule has 2 saturated heterocycles. The second kappa shape index (κ2) is 4.80. The lowest BCUT2D eigenvalue weighted by Crippen LogP contribution is -2.38. The maximum atomic E-state index is 11.4. The Morgan fingerprint density at radius 1 is 1.20 bits per heavy atom. The first-order chi connectivity index (χ1) is 7.16. The maximum Gasteiger partial charge on any atom is 0.151 e. The van der Waals surface area contributed by atoms with Crippen LogP contribution in [0.2, 0.25) is 0 Å². The van der Waals surface area contributed by atoms with E-state index in [9.17, 15) is 8.42 Å². The first-order valence-corrected chi connectivity index (χ1v) is 7.64. The Morgan fingerprint density at radius 2 is 2.07 bits per heavy atom. The lowest BCUT2D eigenvalue weighted by atomic mass is 10.2. The molecule has 1 N–H and O–H groups in total. The van der Waals surface area contributed by atoms with Gasteiger partial charge in [-0.1, -0.05) is 0 Å². The fourth-order valence-corrected chi connectivity index (χ4v) is 3.71. The van der Waals surface area contributed by atoms with Crippen molar-refractivity contribution in [2.75, 3.05) is 37.7 Å². The van der Waals surface area contributed by atoms with Crippen LogP contribution in [0.1, 0.15) is 19.3 Å². The molecule has 0 aliphatic carbocycles. The Morgan fingerprint density at radius 3 is 2.80 bits per heavy atom. The molecular weight excluding hydrogens is 212 g/mol. The second-order valence-electron chi connectivity index (χ2n) is 4.60. The van der Waals surface area contributed by atoms with E-state index in [4.69, 9.17) is 0 Å². The molecule has 1 atom stereocenters. The van der Waals surface area contributed by atoms with Crippen molar-refractivity contribution in [3.05, 3.63) is 0 Å². The van der Waals surface area contributed by atoms with Crippen molar-refractivity contribution in [3.63, 3.8) is 0 Å². The fraction of sp³-hybridized carbons (Fsp3) is 1.00. The highest BCUT2D eigenvalue weighted by Crippen LogP contribution is 2.10. The summed E-state index contributed by atoms with van der Waals surface area (Å²) in [7, 11) is -2.75. The van der Waals surface area contributed by atoms with Gasteiger partial charge in [-0.2, -0.15) is 0 Å². The van der Waals surface area contributed by atoms with E-state index in [0.29, 0.717) is 17.5 Å². The van der Waals surface area contributed by atoms with E-state index < -0.39 is 9.84 Å². The van der Waals surface area contributed by atoms with Crippen molar-refractivity contribution in [2.24, 2.45) is 0 Å². The van der Waals surface area contributed by atoms with Crippen molar-refractivity contribution in [2.45, 2.75) is 25.3 Å². The van der Waals surface area contributed by atoms with E-state index in [1.807, 2.05) is 0 Å². The van der Waals surface area contributed by atoms with Gasteiger partial charge in [0.2, 0.25) is 0 Å². The summed E-state index contributed by atoms with van der Waals surface area (Å²) < 4.78 is 22.8. The minimum atomic E-state index is -2.75. The number of hydrogen-bond donors (Lipinski definition) is 1. The highest BCUT2D eigenvalue weighted by molar-refractivity contribution is 7.91. The Labute approximate surface area is 91.9 Å². The third-order valence-corrected chi connectivity index (χ3v) is 5.00. The number of hydrogen-bond acceptors (Lipinski definition) is 4. The minimum Gasteiger partial charge on any atom is -0.313 e. The molecular formula is C10H20N2O2S. The molecule has 0 aromatic carbocycles. The van der Waals surface area contributed by atoms with Crippen LogP contribution in [0.15, 0.2) is 0 Å². The van der Waals surface area contributed by atoms with E-state index in [-0.39, 0.29) is 0 Å². The first kappa shape index (κ1) is 11.4. The molecule has 2 aliphatic heterocycles. The van der Waals surface area contributed by atoms with Crippen LogP contribution in [0.4, 0.5) is 0 Å². The number of rotatable bonds is 2. The summed E-state index contributed by atoms with van der Waals surface area (Å²) in [6.07, 6.45) is 3.30. The monoisotopic (exact) mass is 232 g/mol. The molecule has 5 heteroatoms. The maximum absolute atomic E-state index is 11.4. The summed E-state index contributed by atoms with van der Waals surface area (Å²) in [6, 6.07) is 0.589. The minimum absolute atomic E-state index is 0.347. The molecule has 0 aromatic heterocycles. The predicted molar refractivity (Wildman–Crippen MR) is 60.7 cm³/mol. The van der Waals surface area contributed by atoms with Crippen molar-refractivity contribution in [3.8, 4) is 0 Å². The average molecular weight is 232 g/mol. The van der Waals surface area contributed by atoms with Gasteiger partial charge in [-0.25, -0.2) is 8.42 Å². The average Bonchev–Trinajstić information content (AvgIpc) is 2.60. The molecule has 0 unspecified atom stereocenters. The Kier molecular flexibility index (Phi) is 3.64. The van der Waals surface area contributed by atoms with E-state index in [2.05, 4.69) is 10.2 Å². The third kappa shape index (κ3) is 3.43. The van der Waals surface area contributed by atoms with Gasteiger partial charge in [-0.05, 0) is 32.4 Å². The van der Waals surface area contributed by atoms with E-state index in [1.165, 1.54) is 12.8 Å². The van der Waals surface area contributed by atoms with E-state index in [0.717, 1.165) is 32.6 Å². The Hall–Kier alpha value is -0.130.